The Hall–Kier alpha value is -1.67. The highest BCUT2D eigenvalue weighted by Gasteiger charge is 2.38. The van der Waals surface area contributed by atoms with Gasteiger partial charge in [-0.2, -0.15) is 0 Å². The van der Waals surface area contributed by atoms with Gasteiger partial charge in [-0.15, -0.1) is 0 Å². The number of hydrogen-bond donors (Lipinski definition) is 0. The van der Waals surface area contributed by atoms with Crippen LogP contribution in [0.1, 0.15) is 29.7 Å². The molecule has 0 spiro atoms. The molecule has 0 N–H and O–H groups in total. The van der Waals surface area contributed by atoms with Crippen molar-refractivity contribution in [2.24, 2.45) is 0 Å². The van der Waals surface area contributed by atoms with E-state index in [0.717, 1.165) is 53.4 Å². The van der Waals surface area contributed by atoms with E-state index in [-0.39, 0.29) is 24.0 Å². The lowest BCUT2D eigenvalue weighted by Crippen LogP contribution is -3.00. The Balaban J connectivity index is 0.00000300. The minimum absolute atomic E-state index is 0. The third-order valence-corrected chi connectivity index (χ3v) is 6.25. The van der Waals surface area contributed by atoms with Crippen LogP contribution in [0.2, 0.25) is 0 Å². The van der Waals surface area contributed by atoms with Gasteiger partial charge in [0.05, 0.1) is 48.6 Å². The standard InChI is InChI=1S/C23H32NO4.HI/c1-7-24(2)11-10-17-14-22(27-5)23(28-6)15-18(17)19(24)12-16-8-9-20(25-3)21(13-16)26-4;/h8-9,13-15,19H,7,10-12H2,1-6H3;1H/q+1;/p-1. The van der Waals surface area contributed by atoms with Gasteiger partial charge in [0.15, 0.2) is 23.0 Å². The second kappa shape index (κ2) is 9.89. The van der Waals surface area contributed by atoms with Gasteiger partial charge < -0.3 is 47.4 Å². The number of halogens is 1. The highest BCUT2D eigenvalue weighted by atomic mass is 127. The summed E-state index contributed by atoms with van der Waals surface area (Å²) < 4.78 is 23.0. The van der Waals surface area contributed by atoms with Crippen LogP contribution in [0.5, 0.6) is 23.0 Å². The summed E-state index contributed by atoms with van der Waals surface area (Å²) >= 11 is 0. The molecular formula is C23H32INO4. The predicted molar refractivity (Wildman–Crippen MR) is 111 cm³/mol. The maximum Gasteiger partial charge on any atom is 0.161 e. The van der Waals surface area contributed by atoms with E-state index in [9.17, 15) is 0 Å². The van der Waals surface area contributed by atoms with E-state index in [1.165, 1.54) is 16.7 Å². The van der Waals surface area contributed by atoms with E-state index in [1.54, 1.807) is 28.4 Å². The molecule has 2 unspecified atom stereocenters. The Morgan fingerprint density at radius 3 is 2.03 bits per heavy atom. The zero-order valence-corrected chi connectivity index (χ0v) is 20.4. The molecule has 1 aliphatic heterocycles. The molecule has 0 aromatic heterocycles. The second-order valence-corrected chi connectivity index (χ2v) is 7.58. The number of likely N-dealkylation sites (N-methyl/N-ethyl adjacent to an activating group) is 1. The molecule has 6 heteroatoms. The predicted octanol–water partition coefficient (Wildman–Crippen LogP) is 1.03. The summed E-state index contributed by atoms with van der Waals surface area (Å²) in [6, 6.07) is 10.9. The van der Waals surface area contributed by atoms with Gasteiger partial charge in [-0.05, 0) is 42.3 Å². The van der Waals surface area contributed by atoms with Crippen molar-refractivity contribution in [2.75, 3.05) is 48.6 Å². The lowest BCUT2D eigenvalue weighted by Gasteiger charge is -2.45. The van der Waals surface area contributed by atoms with Crippen LogP contribution in [-0.4, -0.2) is 53.1 Å². The smallest absolute Gasteiger partial charge is 0.161 e. The fourth-order valence-electron chi connectivity index (χ4n) is 4.27. The largest absolute Gasteiger partial charge is 1.00 e. The molecule has 2 aromatic rings. The molecule has 3 rings (SSSR count). The summed E-state index contributed by atoms with van der Waals surface area (Å²) in [5.41, 5.74) is 3.94. The molecule has 2 aromatic carbocycles. The Morgan fingerprint density at radius 2 is 1.45 bits per heavy atom. The first-order valence-electron chi connectivity index (χ1n) is 9.79. The number of benzene rings is 2. The summed E-state index contributed by atoms with van der Waals surface area (Å²) in [6.07, 6.45) is 1.97. The highest BCUT2D eigenvalue weighted by molar-refractivity contribution is 5.50. The normalized spacial score (nSPS) is 20.3. The first-order chi connectivity index (χ1) is 13.5. The summed E-state index contributed by atoms with van der Waals surface area (Å²) in [4.78, 5) is 0. The van der Waals surface area contributed by atoms with Crippen LogP contribution < -0.4 is 42.9 Å². The maximum absolute atomic E-state index is 5.60. The number of nitrogens with zero attached hydrogens (tertiary/aromatic N) is 1. The van der Waals surface area contributed by atoms with Crippen LogP contribution >= 0.6 is 0 Å². The van der Waals surface area contributed by atoms with Crippen LogP contribution in [0, 0.1) is 0 Å². The molecule has 0 saturated carbocycles. The lowest BCUT2D eigenvalue weighted by atomic mass is 9.86. The van der Waals surface area contributed by atoms with Crippen molar-refractivity contribution in [1.82, 2.24) is 0 Å². The summed E-state index contributed by atoms with van der Waals surface area (Å²) in [6.45, 7) is 4.45. The van der Waals surface area contributed by atoms with Crippen LogP contribution in [0.15, 0.2) is 30.3 Å². The van der Waals surface area contributed by atoms with E-state index in [1.807, 2.05) is 6.07 Å². The Kier molecular flexibility index (Phi) is 8.05. The molecule has 29 heavy (non-hydrogen) atoms. The molecule has 0 radical (unpaired) electrons. The molecule has 2 atom stereocenters. The van der Waals surface area contributed by atoms with Crippen LogP contribution in [0.3, 0.4) is 0 Å². The number of methoxy groups -OCH3 is 4. The van der Waals surface area contributed by atoms with Gasteiger partial charge in [0.1, 0.15) is 6.04 Å². The van der Waals surface area contributed by atoms with Crippen LogP contribution in [-0.2, 0) is 12.8 Å². The monoisotopic (exact) mass is 513 g/mol. The van der Waals surface area contributed by atoms with Gasteiger partial charge >= 0.3 is 0 Å². The first-order valence-corrected chi connectivity index (χ1v) is 9.79. The minimum atomic E-state index is 0. The van der Waals surface area contributed by atoms with Crippen molar-refractivity contribution >= 4 is 0 Å². The summed E-state index contributed by atoms with van der Waals surface area (Å²) in [7, 11) is 9.09. The highest BCUT2D eigenvalue weighted by Crippen LogP contribution is 2.42. The molecule has 0 fully saturated rings. The minimum Gasteiger partial charge on any atom is -1.00 e. The van der Waals surface area contributed by atoms with E-state index in [2.05, 4.69) is 38.2 Å². The molecule has 1 heterocycles. The fourth-order valence-corrected chi connectivity index (χ4v) is 4.27. The molecule has 5 nitrogen and oxygen atoms in total. The fraction of sp³-hybridized carbons (Fsp3) is 0.478. The van der Waals surface area contributed by atoms with Gasteiger partial charge in [-0.1, -0.05) is 6.07 Å². The van der Waals surface area contributed by atoms with E-state index in [0.29, 0.717) is 6.04 Å². The summed E-state index contributed by atoms with van der Waals surface area (Å²) in [5.74, 6) is 3.13. The average molecular weight is 513 g/mol. The third kappa shape index (κ3) is 4.58. The molecule has 0 saturated heterocycles. The SMILES string of the molecule is CC[N+]1(C)CCc2cc(OC)c(OC)cc2C1Cc1ccc(OC)c(OC)c1.[I-]. The van der Waals surface area contributed by atoms with Gasteiger partial charge in [-0.3, -0.25) is 0 Å². The Morgan fingerprint density at radius 1 is 0.862 bits per heavy atom. The number of ether oxygens (including phenoxy) is 4. The molecular weight excluding hydrogens is 481 g/mol. The maximum atomic E-state index is 5.60. The second-order valence-electron chi connectivity index (χ2n) is 7.58. The van der Waals surface area contributed by atoms with Crippen molar-refractivity contribution in [3.8, 4) is 23.0 Å². The van der Waals surface area contributed by atoms with Gasteiger partial charge in [-0.25, -0.2) is 0 Å². The van der Waals surface area contributed by atoms with Crippen molar-refractivity contribution in [2.45, 2.75) is 25.8 Å². The van der Waals surface area contributed by atoms with Gasteiger partial charge in [0, 0.05) is 18.4 Å². The average Bonchev–Trinajstić information content (AvgIpc) is 2.74. The Labute approximate surface area is 191 Å². The van der Waals surface area contributed by atoms with Crippen molar-refractivity contribution in [1.29, 1.82) is 0 Å². The molecule has 0 aliphatic carbocycles. The zero-order chi connectivity index (χ0) is 20.3. The van der Waals surface area contributed by atoms with E-state index < -0.39 is 0 Å². The van der Waals surface area contributed by atoms with Crippen LogP contribution in [0.4, 0.5) is 0 Å². The van der Waals surface area contributed by atoms with Gasteiger partial charge in [0.2, 0.25) is 0 Å². The molecule has 0 bridgehead atoms. The number of fused-ring (bicyclic) bond motifs is 1. The molecule has 0 amide bonds. The third-order valence-electron chi connectivity index (χ3n) is 6.25. The topological polar surface area (TPSA) is 36.9 Å². The molecule has 160 valence electrons. The number of quaternary nitrogens is 1. The van der Waals surface area contributed by atoms with Crippen molar-refractivity contribution in [3.63, 3.8) is 0 Å². The van der Waals surface area contributed by atoms with Crippen molar-refractivity contribution in [3.05, 3.63) is 47.0 Å². The number of rotatable bonds is 7. The first kappa shape index (κ1) is 23.6. The lowest BCUT2D eigenvalue weighted by molar-refractivity contribution is -0.939. The molecule has 1 aliphatic rings. The Bertz CT molecular complexity index is 842. The quantitative estimate of drug-likeness (QED) is 0.410. The van der Waals surface area contributed by atoms with E-state index >= 15 is 0 Å². The van der Waals surface area contributed by atoms with Crippen molar-refractivity contribution < 1.29 is 47.4 Å². The number of hydrogen-bond acceptors (Lipinski definition) is 4. The van der Waals surface area contributed by atoms with Gasteiger partial charge in [0.25, 0.3) is 0 Å². The summed E-state index contributed by atoms with van der Waals surface area (Å²) in [5, 5.41) is 0. The van der Waals surface area contributed by atoms with Crippen LogP contribution in [0.25, 0.3) is 0 Å². The van der Waals surface area contributed by atoms with E-state index in [4.69, 9.17) is 18.9 Å². The zero-order valence-electron chi connectivity index (χ0n) is 18.3.